The van der Waals surface area contributed by atoms with Gasteiger partial charge in [-0.25, -0.2) is 9.18 Å². The van der Waals surface area contributed by atoms with Crippen LogP contribution in [-0.4, -0.2) is 52.7 Å². The first-order valence-corrected chi connectivity index (χ1v) is 6.03. The van der Waals surface area contributed by atoms with Crippen LogP contribution < -0.4 is 0 Å². The number of rotatable bonds is 3. The smallest absolute Gasteiger partial charge is 0.410 e. The number of hydrogen-bond donors (Lipinski definition) is 2. The van der Waals surface area contributed by atoms with Gasteiger partial charge in [0.25, 0.3) is 0 Å². The standard InChI is InChI=1S/C13H16FNO4/c14-6-10-12(17)11(16)7-15(10)13(18)19-8-9-4-2-1-3-5-9/h1-5,10-12,16-17H,6-8H2/t10-,11+,12-/m0/s1. The van der Waals surface area contributed by atoms with E-state index in [1.54, 1.807) is 12.1 Å². The summed E-state index contributed by atoms with van der Waals surface area (Å²) < 4.78 is 17.8. The zero-order chi connectivity index (χ0) is 13.8. The van der Waals surface area contributed by atoms with E-state index in [9.17, 15) is 19.4 Å². The van der Waals surface area contributed by atoms with Crippen LogP contribution in [0.2, 0.25) is 0 Å². The van der Waals surface area contributed by atoms with Gasteiger partial charge in [-0.2, -0.15) is 0 Å². The molecule has 0 bridgehead atoms. The fourth-order valence-electron chi connectivity index (χ4n) is 2.07. The van der Waals surface area contributed by atoms with Crippen molar-refractivity contribution in [1.82, 2.24) is 4.90 Å². The topological polar surface area (TPSA) is 70.0 Å². The lowest BCUT2D eigenvalue weighted by atomic mass is 10.1. The Morgan fingerprint density at radius 2 is 2.05 bits per heavy atom. The van der Waals surface area contributed by atoms with Gasteiger partial charge in [-0.05, 0) is 5.56 Å². The number of β-amino-alcohol motifs (C(OH)–C–C–N with tert-alkyl or cyclic N) is 1. The van der Waals surface area contributed by atoms with E-state index in [-0.39, 0.29) is 13.2 Å². The predicted molar refractivity (Wildman–Crippen MR) is 65.1 cm³/mol. The number of ether oxygens (including phenoxy) is 1. The highest BCUT2D eigenvalue weighted by molar-refractivity contribution is 5.68. The number of likely N-dealkylation sites (tertiary alicyclic amines) is 1. The Morgan fingerprint density at radius 3 is 2.68 bits per heavy atom. The largest absolute Gasteiger partial charge is 0.445 e. The van der Waals surface area contributed by atoms with Crippen LogP contribution in [0.25, 0.3) is 0 Å². The van der Waals surface area contributed by atoms with Gasteiger partial charge in [0.05, 0.1) is 18.7 Å². The van der Waals surface area contributed by atoms with Gasteiger partial charge in [0.15, 0.2) is 0 Å². The van der Waals surface area contributed by atoms with E-state index >= 15 is 0 Å². The van der Waals surface area contributed by atoms with Crippen molar-refractivity contribution in [2.45, 2.75) is 24.9 Å². The van der Waals surface area contributed by atoms with Crippen molar-refractivity contribution in [3.05, 3.63) is 35.9 Å². The van der Waals surface area contributed by atoms with E-state index in [0.717, 1.165) is 10.5 Å². The zero-order valence-electron chi connectivity index (χ0n) is 10.3. The second-order valence-electron chi connectivity index (χ2n) is 4.47. The maximum absolute atomic E-state index is 12.8. The molecule has 0 saturated carbocycles. The van der Waals surface area contributed by atoms with E-state index < -0.39 is 31.0 Å². The number of aliphatic hydroxyl groups is 2. The number of alkyl halides is 1. The summed E-state index contributed by atoms with van der Waals surface area (Å²) >= 11 is 0. The average molecular weight is 269 g/mol. The minimum Gasteiger partial charge on any atom is -0.445 e. The molecule has 1 aliphatic heterocycles. The molecule has 0 radical (unpaired) electrons. The van der Waals surface area contributed by atoms with Crippen molar-refractivity contribution in [3.8, 4) is 0 Å². The summed E-state index contributed by atoms with van der Waals surface area (Å²) in [6.45, 7) is -0.969. The monoisotopic (exact) mass is 269 g/mol. The number of benzene rings is 1. The number of hydrogen-bond acceptors (Lipinski definition) is 4. The maximum Gasteiger partial charge on any atom is 0.410 e. The summed E-state index contributed by atoms with van der Waals surface area (Å²) in [6, 6.07) is 8.03. The Kier molecular flexibility index (Phi) is 4.34. The Morgan fingerprint density at radius 1 is 1.37 bits per heavy atom. The molecule has 0 aliphatic carbocycles. The van der Waals surface area contributed by atoms with Gasteiger partial charge in [0.2, 0.25) is 0 Å². The Balaban J connectivity index is 1.93. The number of carbonyl (C=O) groups excluding carboxylic acids is 1. The fourth-order valence-corrected chi connectivity index (χ4v) is 2.07. The molecule has 3 atom stereocenters. The molecule has 0 unspecified atom stereocenters. The lowest BCUT2D eigenvalue weighted by molar-refractivity contribution is 0.0297. The summed E-state index contributed by atoms with van der Waals surface area (Å²) in [5.74, 6) is 0. The van der Waals surface area contributed by atoms with Gasteiger partial charge in [-0.3, -0.25) is 4.90 Å². The summed E-state index contributed by atoms with van der Waals surface area (Å²) in [5, 5.41) is 19.0. The summed E-state index contributed by atoms with van der Waals surface area (Å²) in [7, 11) is 0. The van der Waals surface area contributed by atoms with Gasteiger partial charge in [-0.15, -0.1) is 0 Å². The number of aliphatic hydroxyl groups excluding tert-OH is 2. The lowest BCUT2D eigenvalue weighted by Crippen LogP contribution is -2.41. The quantitative estimate of drug-likeness (QED) is 0.847. The Hall–Kier alpha value is -1.66. The molecule has 2 N–H and O–H groups in total. The van der Waals surface area contributed by atoms with Gasteiger partial charge in [-0.1, -0.05) is 30.3 Å². The maximum atomic E-state index is 12.8. The van der Waals surface area contributed by atoms with Gasteiger partial charge in [0, 0.05) is 0 Å². The van der Waals surface area contributed by atoms with Gasteiger partial charge >= 0.3 is 6.09 Å². The molecule has 1 aliphatic rings. The minimum atomic E-state index is -1.27. The van der Waals surface area contributed by atoms with E-state index in [4.69, 9.17) is 4.74 Å². The molecular formula is C13H16FNO4. The summed E-state index contributed by atoms with van der Waals surface area (Å²) in [4.78, 5) is 12.8. The van der Waals surface area contributed by atoms with Crippen molar-refractivity contribution >= 4 is 6.09 Å². The van der Waals surface area contributed by atoms with E-state index in [1.807, 2.05) is 18.2 Å². The molecule has 1 fully saturated rings. The zero-order valence-corrected chi connectivity index (χ0v) is 10.3. The first kappa shape index (κ1) is 13.8. The predicted octanol–water partition coefficient (Wildman–Crippen LogP) is 0.699. The molecule has 0 spiro atoms. The van der Waals surface area contributed by atoms with E-state index in [1.165, 1.54) is 0 Å². The fraction of sp³-hybridized carbons (Fsp3) is 0.462. The van der Waals surface area contributed by atoms with E-state index in [2.05, 4.69) is 0 Å². The SMILES string of the molecule is O=C(OCc1ccccc1)N1C[C@@H](O)[C@@H](O)[C@@H]1CF. The van der Waals surface area contributed by atoms with E-state index in [0.29, 0.717) is 0 Å². The molecule has 6 heteroatoms. The van der Waals surface area contributed by atoms with Crippen LogP contribution in [0, 0.1) is 0 Å². The van der Waals surface area contributed by atoms with Crippen molar-refractivity contribution in [2.24, 2.45) is 0 Å². The number of nitrogens with zero attached hydrogens (tertiary/aromatic N) is 1. The second-order valence-corrected chi connectivity index (χ2v) is 4.47. The molecule has 0 aromatic heterocycles. The van der Waals surface area contributed by atoms with Gasteiger partial charge < -0.3 is 14.9 Å². The molecular weight excluding hydrogens is 253 g/mol. The third kappa shape index (κ3) is 3.02. The van der Waals surface area contributed by atoms with Crippen LogP contribution in [0.5, 0.6) is 0 Å². The Labute approximate surface area is 110 Å². The lowest BCUT2D eigenvalue weighted by Gasteiger charge is -2.22. The molecule has 104 valence electrons. The normalized spacial score (nSPS) is 26.5. The van der Waals surface area contributed by atoms with Crippen molar-refractivity contribution < 1.29 is 24.1 Å². The summed E-state index contributed by atoms with van der Waals surface area (Å²) in [6.07, 6.45) is -3.14. The highest BCUT2D eigenvalue weighted by atomic mass is 19.1. The number of amides is 1. The van der Waals surface area contributed by atoms with Crippen LogP contribution in [-0.2, 0) is 11.3 Å². The van der Waals surface area contributed by atoms with Crippen LogP contribution in [0.15, 0.2) is 30.3 Å². The van der Waals surface area contributed by atoms with Crippen LogP contribution >= 0.6 is 0 Å². The average Bonchev–Trinajstić information content (AvgIpc) is 2.73. The molecule has 2 rings (SSSR count). The first-order chi connectivity index (χ1) is 9.13. The number of halogens is 1. The molecule has 1 heterocycles. The van der Waals surface area contributed by atoms with Crippen LogP contribution in [0.3, 0.4) is 0 Å². The second kappa shape index (κ2) is 5.99. The van der Waals surface area contributed by atoms with Crippen molar-refractivity contribution in [1.29, 1.82) is 0 Å². The third-order valence-corrected chi connectivity index (χ3v) is 3.17. The highest BCUT2D eigenvalue weighted by Gasteiger charge is 2.43. The third-order valence-electron chi connectivity index (χ3n) is 3.17. The summed E-state index contributed by atoms with van der Waals surface area (Å²) in [5.41, 5.74) is 0.813. The van der Waals surface area contributed by atoms with Crippen molar-refractivity contribution in [3.63, 3.8) is 0 Å². The molecule has 1 amide bonds. The Bertz CT molecular complexity index is 428. The first-order valence-electron chi connectivity index (χ1n) is 6.03. The number of carbonyl (C=O) groups is 1. The molecule has 1 aromatic rings. The minimum absolute atomic E-state index is 0.0708. The van der Waals surface area contributed by atoms with Crippen LogP contribution in [0.1, 0.15) is 5.56 Å². The molecule has 5 nitrogen and oxygen atoms in total. The molecule has 1 aromatic carbocycles. The highest BCUT2D eigenvalue weighted by Crippen LogP contribution is 2.20. The van der Waals surface area contributed by atoms with Gasteiger partial charge in [0.1, 0.15) is 19.4 Å². The van der Waals surface area contributed by atoms with Crippen molar-refractivity contribution in [2.75, 3.05) is 13.2 Å². The van der Waals surface area contributed by atoms with Crippen LogP contribution in [0.4, 0.5) is 9.18 Å². The molecule has 19 heavy (non-hydrogen) atoms. The molecule has 1 saturated heterocycles.